The summed E-state index contributed by atoms with van der Waals surface area (Å²) >= 11 is 0. The van der Waals surface area contributed by atoms with E-state index in [1.54, 1.807) is 6.07 Å². The van der Waals surface area contributed by atoms with Gasteiger partial charge in [-0.15, -0.1) is 12.4 Å². The number of hydrogen-bond acceptors (Lipinski definition) is 2. The highest BCUT2D eigenvalue weighted by Gasteiger charge is 2.31. The van der Waals surface area contributed by atoms with Gasteiger partial charge in [-0.3, -0.25) is 5.32 Å². The summed E-state index contributed by atoms with van der Waals surface area (Å²) in [5.41, 5.74) is -0.130. The maximum atomic E-state index is 12.5. The molecule has 2 nitrogen and oxygen atoms in total. The van der Waals surface area contributed by atoms with Crippen molar-refractivity contribution in [3.05, 3.63) is 35.4 Å². The molecule has 96 valence electrons. The molecule has 0 bridgehead atoms. The molecule has 1 aliphatic rings. The molecule has 1 aromatic carbocycles. The second-order valence-corrected chi connectivity index (χ2v) is 3.90. The van der Waals surface area contributed by atoms with Crippen LogP contribution in [0.1, 0.15) is 24.3 Å². The van der Waals surface area contributed by atoms with E-state index in [1.807, 2.05) is 6.92 Å². The number of hydrogen-bond donors (Lipinski definition) is 1. The molecule has 1 aliphatic heterocycles. The van der Waals surface area contributed by atoms with Crippen molar-refractivity contribution in [3.63, 3.8) is 0 Å². The van der Waals surface area contributed by atoms with E-state index in [9.17, 15) is 13.2 Å². The van der Waals surface area contributed by atoms with Gasteiger partial charge < -0.3 is 4.74 Å². The summed E-state index contributed by atoms with van der Waals surface area (Å²) in [5.74, 6) is 0. The fraction of sp³-hybridized carbons (Fsp3) is 0.455. The first kappa shape index (κ1) is 14.3. The number of halogens is 4. The van der Waals surface area contributed by atoms with Crippen molar-refractivity contribution in [2.75, 3.05) is 6.61 Å². The predicted molar refractivity (Wildman–Crippen MR) is 60.0 cm³/mol. The highest BCUT2D eigenvalue weighted by atomic mass is 35.5. The fourth-order valence-corrected chi connectivity index (χ4v) is 1.67. The molecule has 2 atom stereocenters. The van der Waals surface area contributed by atoms with Gasteiger partial charge in [0.2, 0.25) is 0 Å². The van der Waals surface area contributed by atoms with Crippen LogP contribution in [0.15, 0.2) is 24.3 Å². The second-order valence-electron chi connectivity index (χ2n) is 3.90. The maximum Gasteiger partial charge on any atom is 0.416 e. The Kier molecular flexibility index (Phi) is 4.41. The molecule has 6 heteroatoms. The van der Waals surface area contributed by atoms with E-state index in [1.165, 1.54) is 6.07 Å². The molecule has 1 heterocycles. The van der Waals surface area contributed by atoms with Crippen molar-refractivity contribution in [1.29, 1.82) is 0 Å². The standard InChI is InChI=1S/C11H12F3NO.ClH/c1-7-6-16-10(15-7)8-3-2-4-9(5-8)11(12,13)14;/h2-5,7,10,15H,6H2,1H3;1H. The minimum Gasteiger partial charge on any atom is -0.357 e. The molecule has 1 fully saturated rings. The highest BCUT2D eigenvalue weighted by molar-refractivity contribution is 5.85. The third kappa shape index (κ3) is 3.34. The number of nitrogens with one attached hydrogen (secondary N) is 1. The van der Waals surface area contributed by atoms with Gasteiger partial charge in [-0.1, -0.05) is 12.1 Å². The summed E-state index contributed by atoms with van der Waals surface area (Å²) in [4.78, 5) is 0. The summed E-state index contributed by atoms with van der Waals surface area (Å²) in [7, 11) is 0. The molecular formula is C11H13ClF3NO. The Labute approximate surface area is 104 Å². The third-order valence-electron chi connectivity index (χ3n) is 2.47. The van der Waals surface area contributed by atoms with Crippen LogP contribution in [-0.2, 0) is 10.9 Å². The minimum absolute atomic E-state index is 0. The molecule has 1 saturated heterocycles. The normalized spacial score (nSPS) is 24.5. The lowest BCUT2D eigenvalue weighted by Gasteiger charge is -2.13. The van der Waals surface area contributed by atoms with Gasteiger partial charge in [0.05, 0.1) is 12.2 Å². The Morgan fingerprint density at radius 2 is 2.06 bits per heavy atom. The molecule has 0 spiro atoms. The first-order valence-corrected chi connectivity index (χ1v) is 5.01. The van der Waals surface area contributed by atoms with Crippen LogP contribution in [0.3, 0.4) is 0 Å². The van der Waals surface area contributed by atoms with E-state index < -0.39 is 18.0 Å². The summed E-state index contributed by atoms with van der Waals surface area (Å²) in [6, 6.07) is 5.37. The molecule has 17 heavy (non-hydrogen) atoms. The Morgan fingerprint density at radius 3 is 2.59 bits per heavy atom. The van der Waals surface area contributed by atoms with E-state index in [0.717, 1.165) is 12.1 Å². The van der Waals surface area contributed by atoms with Crippen LogP contribution in [0.2, 0.25) is 0 Å². The van der Waals surface area contributed by atoms with Crippen LogP contribution in [0.5, 0.6) is 0 Å². The number of benzene rings is 1. The summed E-state index contributed by atoms with van der Waals surface area (Å²) in [6.45, 7) is 2.44. The monoisotopic (exact) mass is 267 g/mol. The molecule has 0 aliphatic carbocycles. The lowest BCUT2D eigenvalue weighted by molar-refractivity contribution is -0.137. The molecule has 2 rings (SSSR count). The van der Waals surface area contributed by atoms with Crippen molar-refractivity contribution in [2.24, 2.45) is 0 Å². The smallest absolute Gasteiger partial charge is 0.357 e. The van der Waals surface area contributed by atoms with E-state index in [-0.39, 0.29) is 18.4 Å². The zero-order valence-electron chi connectivity index (χ0n) is 9.12. The SMILES string of the molecule is CC1COC(c2cccc(C(F)(F)F)c2)N1.Cl. The minimum atomic E-state index is -4.31. The Bertz CT molecular complexity index is 383. The van der Waals surface area contributed by atoms with Crippen LogP contribution in [-0.4, -0.2) is 12.6 Å². The molecule has 0 saturated carbocycles. The van der Waals surface area contributed by atoms with E-state index in [4.69, 9.17) is 4.74 Å². The summed E-state index contributed by atoms with van der Waals surface area (Å²) in [5, 5.41) is 3.06. The second kappa shape index (κ2) is 5.25. The van der Waals surface area contributed by atoms with Gasteiger partial charge in [0.25, 0.3) is 0 Å². The van der Waals surface area contributed by atoms with E-state index >= 15 is 0 Å². The molecule has 2 unspecified atom stereocenters. The first-order chi connectivity index (χ1) is 7.47. The highest BCUT2D eigenvalue weighted by Crippen LogP contribution is 2.31. The average molecular weight is 268 g/mol. The van der Waals surface area contributed by atoms with Gasteiger partial charge in [-0.05, 0) is 24.6 Å². The largest absolute Gasteiger partial charge is 0.416 e. The van der Waals surface area contributed by atoms with Gasteiger partial charge in [0.15, 0.2) is 0 Å². The van der Waals surface area contributed by atoms with E-state index in [2.05, 4.69) is 5.32 Å². The lowest BCUT2D eigenvalue weighted by Crippen LogP contribution is -2.22. The van der Waals surface area contributed by atoms with Crippen LogP contribution in [0, 0.1) is 0 Å². The van der Waals surface area contributed by atoms with Gasteiger partial charge in [-0.25, -0.2) is 0 Å². The Balaban J connectivity index is 0.00000144. The van der Waals surface area contributed by atoms with Crippen molar-refractivity contribution in [1.82, 2.24) is 5.32 Å². The van der Waals surface area contributed by atoms with Crippen LogP contribution in [0.25, 0.3) is 0 Å². The molecule has 1 aromatic rings. The number of alkyl halides is 3. The van der Waals surface area contributed by atoms with Gasteiger partial charge >= 0.3 is 6.18 Å². The van der Waals surface area contributed by atoms with Crippen molar-refractivity contribution < 1.29 is 17.9 Å². The molecule has 0 amide bonds. The van der Waals surface area contributed by atoms with Gasteiger partial charge in [0.1, 0.15) is 6.23 Å². The predicted octanol–water partition coefficient (Wildman–Crippen LogP) is 3.13. The fourth-order valence-electron chi connectivity index (χ4n) is 1.67. The van der Waals surface area contributed by atoms with Crippen LogP contribution < -0.4 is 5.32 Å². The molecule has 0 radical (unpaired) electrons. The number of ether oxygens (including phenoxy) is 1. The topological polar surface area (TPSA) is 21.3 Å². The Morgan fingerprint density at radius 1 is 1.35 bits per heavy atom. The Hall–Kier alpha value is -0.780. The van der Waals surface area contributed by atoms with Gasteiger partial charge in [-0.2, -0.15) is 13.2 Å². The molecule has 1 N–H and O–H groups in total. The lowest BCUT2D eigenvalue weighted by atomic mass is 10.1. The zero-order valence-corrected chi connectivity index (χ0v) is 9.94. The summed E-state index contributed by atoms with van der Waals surface area (Å²) in [6.07, 6.45) is -4.74. The number of rotatable bonds is 1. The quantitative estimate of drug-likeness (QED) is 0.844. The molecule has 0 aromatic heterocycles. The third-order valence-corrected chi connectivity index (χ3v) is 2.47. The van der Waals surface area contributed by atoms with Crippen LogP contribution >= 0.6 is 12.4 Å². The van der Waals surface area contributed by atoms with Crippen molar-refractivity contribution in [3.8, 4) is 0 Å². The summed E-state index contributed by atoms with van der Waals surface area (Å²) < 4.78 is 42.8. The average Bonchev–Trinajstić information content (AvgIpc) is 2.64. The van der Waals surface area contributed by atoms with Crippen LogP contribution in [0.4, 0.5) is 13.2 Å². The van der Waals surface area contributed by atoms with E-state index in [0.29, 0.717) is 12.2 Å². The van der Waals surface area contributed by atoms with Crippen molar-refractivity contribution in [2.45, 2.75) is 25.4 Å². The zero-order chi connectivity index (χ0) is 11.8. The first-order valence-electron chi connectivity index (χ1n) is 5.01. The molecular weight excluding hydrogens is 255 g/mol. The van der Waals surface area contributed by atoms with Crippen molar-refractivity contribution >= 4 is 12.4 Å². The van der Waals surface area contributed by atoms with Gasteiger partial charge in [0, 0.05) is 6.04 Å². The maximum absolute atomic E-state index is 12.5.